The maximum absolute atomic E-state index is 6.20. The Morgan fingerprint density at radius 3 is 1.07 bits per heavy atom. The summed E-state index contributed by atoms with van der Waals surface area (Å²) in [5.41, 5.74) is 6.83. The summed E-state index contributed by atoms with van der Waals surface area (Å²) in [6, 6.07) is 20.0. The van der Waals surface area contributed by atoms with Crippen molar-refractivity contribution in [3.05, 3.63) is 60.7 Å². The van der Waals surface area contributed by atoms with Gasteiger partial charge in [0.1, 0.15) is 0 Å². The van der Waals surface area contributed by atoms with Gasteiger partial charge in [0.2, 0.25) is 0 Å². The van der Waals surface area contributed by atoms with Crippen molar-refractivity contribution in [1.82, 2.24) is 0 Å². The maximum atomic E-state index is 6.20. The number of benzene rings is 2. The van der Waals surface area contributed by atoms with Crippen LogP contribution in [0.15, 0.2) is 60.7 Å². The van der Waals surface area contributed by atoms with E-state index in [2.05, 4.69) is 11.1 Å². The van der Waals surface area contributed by atoms with Crippen LogP contribution in [0.3, 0.4) is 0 Å². The molecule has 0 amide bonds. The molecule has 0 unspecified atom stereocenters. The second-order valence-electron chi connectivity index (χ2n) is 5.95. The molecule has 0 bridgehead atoms. The Morgan fingerprint density at radius 1 is 0.536 bits per heavy atom. The highest BCUT2D eigenvalue weighted by molar-refractivity contribution is 6.93. The molecule has 0 aliphatic heterocycles. The van der Waals surface area contributed by atoms with E-state index < -0.39 is 17.1 Å². The summed E-state index contributed by atoms with van der Waals surface area (Å²) < 4.78 is 24.8. The summed E-state index contributed by atoms with van der Waals surface area (Å²) in [5.74, 6) is 0. The highest BCUT2D eigenvalue weighted by atomic mass is 28.4. The molecule has 0 saturated heterocycles. The van der Waals surface area contributed by atoms with Crippen LogP contribution in [-0.2, 0) is 17.7 Å². The third-order valence-electron chi connectivity index (χ3n) is 4.09. The lowest BCUT2D eigenvalue weighted by molar-refractivity contribution is 0.206. The van der Waals surface area contributed by atoms with E-state index in [1.807, 2.05) is 88.4 Å². The molecule has 0 aliphatic rings. The van der Waals surface area contributed by atoms with Crippen molar-refractivity contribution in [3.63, 3.8) is 0 Å². The van der Waals surface area contributed by atoms with E-state index in [9.17, 15) is 0 Å². The van der Waals surface area contributed by atoms with E-state index in [-0.39, 0.29) is 0 Å². The van der Waals surface area contributed by atoms with Crippen LogP contribution in [0.2, 0.25) is 0 Å². The molecule has 0 saturated carbocycles. The Kier molecular flexibility index (Phi) is 9.12. The van der Waals surface area contributed by atoms with Crippen molar-refractivity contribution >= 4 is 27.5 Å². The Morgan fingerprint density at radius 2 is 0.821 bits per heavy atom. The van der Waals surface area contributed by atoms with Crippen LogP contribution >= 0.6 is 0 Å². The van der Waals surface area contributed by atoms with Gasteiger partial charge in [-0.3, -0.25) is 0 Å². The Labute approximate surface area is 171 Å². The van der Waals surface area contributed by atoms with Gasteiger partial charge in [-0.15, -0.1) is 0 Å². The van der Waals surface area contributed by atoms with Gasteiger partial charge < -0.3 is 17.7 Å². The van der Waals surface area contributed by atoms with E-state index >= 15 is 0 Å². The fourth-order valence-electron chi connectivity index (χ4n) is 3.00. The van der Waals surface area contributed by atoms with Crippen LogP contribution in [-0.4, -0.2) is 43.5 Å². The Hall–Kier alpha value is -1.73. The number of hydrogen-bond donors (Lipinski definition) is 0. The monoisotopic (exact) mass is 414 g/mol. The molecule has 0 N–H and O–H groups in total. The van der Waals surface area contributed by atoms with Crippen LogP contribution in [0.1, 0.15) is 27.7 Å². The van der Waals surface area contributed by atoms with Crippen molar-refractivity contribution in [2.45, 2.75) is 27.7 Å². The first-order chi connectivity index (χ1) is 13.7. The first kappa shape index (κ1) is 22.6. The summed E-state index contributed by atoms with van der Waals surface area (Å²) in [4.78, 5) is 0. The van der Waals surface area contributed by atoms with Crippen molar-refractivity contribution in [3.8, 4) is 11.1 Å². The number of hydrogen-bond acceptors (Lipinski definition) is 4. The van der Waals surface area contributed by atoms with Gasteiger partial charge in [-0.1, -0.05) is 71.8 Å². The lowest BCUT2D eigenvalue weighted by Gasteiger charge is -2.27. The minimum Gasteiger partial charge on any atom is -0.382 e. The minimum atomic E-state index is -2.96. The predicted molar refractivity (Wildman–Crippen MR) is 118 cm³/mol. The standard InChI is InChI=1S/C22H30O4Si2/c1-5-23-27(24-6-2,21-15-11-9-12-16-21)19-20-28(25-7-3,26-8-4)22-17-13-10-14-18-22/h9-18H,5-8H2,1-4H3. The lowest BCUT2D eigenvalue weighted by atomic mass is 10.4. The molecule has 0 heterocycles. The first-order valence-electron chi connectivity index (χ1n) is 9.87. The van der Waals surface area contributed by atoms with Crippen LogP contribution in [0, 0.1) is 11.1 Å². The SMILES string of the molecule is CCO[Si](C#C[Si](OCC)(OCC)c1ccccc1)(OCC)c1ccccc1. The number of rotatable bonds is 10. The zero-order valence-corrected chi connectivity index (χ0v) is 19.2. The average Bonchev–Trinajstić information content (AvgIpc) is 2.74. The van der Waals surface area contributed by atoms with Crippen LogP contribution < -0.4 is 10.4 Å². The van der Waals surface area contributed by atoms with Crippen LogP contribution in [0.5, 0.6) is 0 Å². The van der Waals surface area contributed by atoms with E-state index in [1.165, 1.54) is 0 Å². The van der Waals surface area contributed by atoms with E-state index in [4.69, 9.17) is 17.7 Å². The molecule has 6 heteroatoms. The lowest BCUT2D eigenvalue weighted by Crippen LogP contribution is -2.56. The molecule has 0 spiro atoms. The van der Waals surface area contributed by atoms with Crippen molar-refractivity contribution < 1.29 is 17.7 Å². The molecule has 0 fully saturated rings. The maximum Gasteiger partial charge on any atom is 0.458 e. The molecule has 150 valence electrons. The molecule has 2 aromatic rings. The van der Waals surface area contributed by atoms with E-state index in [1.54, 1.807) is 0 Å². The van der Waals surface area contributed by atoms with Crippen LogP contribution in [0.4, 0.5) is 0 Å². The third kappa shape index (κ3) is 5.42. The second kappa shape index (κ2) is 11.3. The predicted octanol–water partition coefficient (Wildman–Crippen LogP) is 2.91. The summed E-state index contributed by atoms with van der Waals surface area (Å²) in [7, 11) is -5.92. The molecule has 0 atom stereocenters. The van der Waals surface area contributed by atoms with Crippen molar-refractivity contribution in [2.75, 3.05) is 26.4 Å². The summed E-state index contributed by atoms with van der Waals surface area (Å²) >= 11 is 0. The molecule has 4 nitrogen and oxygen atoms in total. The van der Waals surface area contributed by atoms with Gasteiger partial charge in [0.05, 0.1) is 0 Å². The topological polar surface area (TPSA) is 36.9 Å². The summed E-state index contributed by atoms with van der Waals surface area (Å²) in [6.07, 6.45) is 0. The van der Waals surface area contributed by atoms with Crippen molar-refractivity contribution in [1.29, 1.82) is 0 Å². The van der Waals surface area contributed by atoms with Gasteiger partial charge >= 0.3 is 17.1 Å². The zero-order valence-electron chi connectivity index (χ0n) is 17.2. The van der Waals surface area contributed by atoms with Gasteiger partial charge in [0, 0.05) is 36.8 Å². The van der Waals surface area contributed by atoms with Crippen molar-refractivity contribution in [2.24, 2.45) is 0 Å². The normalized spacial score (nSPS) is 11.7. The molecule has 28 heavy (non-hydrogen) atoms. The molecule has 2 rings (SSSR count). The highest BCUT2D eigenvalue weighted by Gasteiger charge is 2.43. The van der Waals surface area contributed by atoms with E-state index in [0.717, 1.165) is 10.4 Å². The average molecular weight is 415 g/mol. The van der Waals surface area contributed by atoms with Crippen LogP contribution in [0.25, 0.3) is 0 Å². The van der Waals surface area contributed by atoms with E-state index in [0.29, 0.717) is 26.4 Å². The quantitative estimate of drug-likeness (QED) is 0.442. The fourth-order valence-corrected chi connectivity index (χ4v) is 8.61. The molecular weight excluding hydrogens is 384 g/mol. The molecule has 0 aliphatic carbocycles. The Balaban J connectivity index is 2.62. The summed E-state index contributed by atoms with van der Waals surface area (Å²) in [5, 5.41) is 1.99. The second-order valence-corrected chi connectivity index (χ2v) is 11.2. The highest BCUT2D eigenvalue weighted by Crippen LogP contribution is 2.12. The molecule has 0 aromatic heterocycles. The Bertz CT molecular complexity index is 681. The third-order valence-corrected chi connectivity index (χ3v) is 10.2. The van der Waals surface area contributed by atoms with Gasteiger partial charge in [-0.05, 0) is 27.7 Å². The van der Waals surface area contributed by atoms with Gasteiger partial charge in [-0.2, -0.15) is 0 Å². The molecule has 2 aromatic carbocycles. The molecule has 0 radical (unpaired) electrons. The largest absolute Gasteiger partial charge is 0.458 e. The minimum absolute atomic E-state index is 0.527. The fraction of sp³-hybridized carbons (Fsp3) is 0.364. The first-order valence-corrected chi connectivity index (χ1v) is 13.5. The smallest absolute Gasteiger partial charge is 0.382 e. The summed E-state index contributed by atoms with van der Waals surface area (Å²) in [6.45, 7) is 9.99. The zero-order chi connectivity index (χ0) is 20.3. The van der Waals surface area contributed by atoms with Gasteiger partial charge in [-0.25, -0.2) is 0 Å². The molecular formula is C22H30O4Si2. The van der Waals surface area contributed by atoms with Gasteiger partial charge in [0.25, 0.3) is 0 Å². The van der Waals surface area contributed by atoms with Gasteiger partial charge in [0.15, 0.2) is 0 Å².